The first kappa shape index (κ1) is 18.8. The highest BCUT2D eigenvalue weighted by Crippen LogP contribution is 2.32. The predicted molar refractivity (Wildman–Crippen MR) is 99.8 cm³/mol. The third kappa shape index (κ3) is 4.49. The Morgan fingerprint density at radius 1 is 1.12 bits per heavy atom. The highest BCUT2D eigenvalue weighted by atomic mass is 35.5. The maximum atomic E-state index is 12.3. The number of nitrogens with one attached hydrogen (secondary N) is 1. The summed E-state index contributed by atoms with van der Waals surface area (Å²) in [6, 6.07) is 7.72. The molecule has 2 rings (SSSR count). The average Bonchev–Trinajstić information content (AvgIpc) is 2.58. The minimum atomic E-state index is -0.162. The predicted octanol–water partition coefficient (Wildman–Crippen LogP) is 5.13. The summed E-state index contributed by atoms with van der Waals surface area (Å²) in [7, 11) is 0. The lowest BCUT2D eigenvalue weighted by molar-refractivity contribution is -0.684. The topological polar surface area (TPSA) is 33.0 Å². The highest BCUT2D eigenvalue weighted by Gasteiger charge is 2.16. The van der Waals surface area contributed by atoms with Crippen molar-refractivity contribution in [1.29, 1.82) is 0 Å². The minimum Gasteiger partial charge on any atom is -0.318 e. The molecule has 0 spiro atoms. The molecule has 1 aromatic carbocycles. The van der Waals surface area contributed by atoms with Crippen molar-refractivity contribution < 1.29 is 9.36 Å². The summed E-state index contributed by atoms with van der Waals surface area (Å²) in [5.74, 6) is 0.406. The quantitative estimate of drug-likeness (QED) is 0.707. The first-order valence-corrected chi connectivity index (χ1v) is 8.95. The fourth-order valence-corrected chi connectivity index (χ4v) is 3.19. The van der Waals surface area contributed by atoms with Crippen LogP contribution in [-0.2, 0) is 11.3 Å². The largest absolute Gasteiger partial charge is 0.318 e. The normalized spacial score (nSPS) is 10.9. The van der Waals surface area contributed by atoms with Crippen LogP contribution in [0.3, 0.4) is 0 Å². The van der Waals surface area contributed by atoms with Crippen LogP contribution >= 0.6 is 23.2 Å². The molecule has 0 saturated heterocycles. The second-order valence-electron chi connectivity index (χ2n) is 5.92. The summed E-state index contributed by atoms with van der Waals surface area (Å²) in [5.41, 5.74) is 2.65. The van der Waals surface area contributed by atoms with Crippen LogP contribution in [0.25, 0.3) is 0 Å². The minimum absolute atomic E-state index is 0.162. The molecule has 0 atom stereocenters. The molecule has 0 fully saturated rings. The number of hydrogen-bond donors (Lipinski definition) is 1. The van der Waals surface area contributed by atoms with Crippen LogP contribution in [0.1, 0.15) is 43.7 Å². The van der Waals surface area contributed by atoms with Crippen molar-refractivity contribution in [2.75, 3.05) is 5.32 Å². The van der Waals surface area contributed by atoms with Crippen molar-refractivity contribution in [3.05, 3.63) is 57.8 Å². The van der Waals surface area contributed by atoms with Crippen molar-refractivity contribution in [3.63, 3.8) is 0 Å². The molecule has 1 heterocycles. The number of hydrogen-bond acceptors (Lipinski definition) is 1. The number of nitrogens with zero attached hydrogens (tertiary/aromatic N) is 1. The zero-order valence-corrected chi connectivity index (χ0v) is 15.8. The van der Waals surface area contributed by atoms with Crippen LogP contribution in [0.5, 0.6) is 0 Å². The summed E-state index contributed by atoms with van der Waals surface area (Å²) >= 11 is 12.4. The van der Waals surface area contributed by atoms with Gasteiger partial charge in [-0.1, -0.05) is 43.1 Å². The Bertz CT molecular complexity index is 710. The Labute approximate surface area is 153 Å². The van der Waals surface area contributed by atoms with Crippen LogP contribution in [0.2, 0.25) is 10.0 Å². The van der Waals surface area contributed by atoms with Crippen molar-refractivity contribution in [2.24, 2.45) is 0 Å². The zero-order valence-electron chi connectivity index (χ0n) is 14.3. The van der Waals surface area contributed by atoms with Crippen molar-refractivity contribution in [3.8, 4) is 0 Å². The molecule has 24 heavy (non-hydrogen) atoms. The van der Waals surface area contributed by atoms with E-state index in [9.17, 15) is 4.79 Å². The number of rotatable bonds is 6. The van der Waals surface area contributed by atoms with Crippen LogP contribution < -0.4 is 9.88 Å². The Kier molecular flexibility index (Phi) is 6.64. The molecule has 0 aliphatic carbocycles. The van der Waals surface area contributed by atoms with Crippen molar-refractivity contribution in [1.82, 2.24) is 0 Å². The van der Waals surface area contributed by atoms with Gasteiger partial charge in [-0.3, -0.25) is 4.79 Å². The van der Waals surface area contributed by atoms with E-state index in [0.29, 0.717) is 21.7 Å². The van der Waals surface area contributed by atoms with Gasteiger partial charge in [0.25, 0.3) is 5.91 Å². The molecule has 0 aliphatic rings. The van der Waals surface area contributed by atoms with E-state index < -0.39 is 0 Å². The summed E-state index contributed by atoms with van der Waals surface area (Å²) < 4.78 is 1.85. The van der Waals surface area contributed by atoms with Crippen LogP contribution in [0, 0.1) is 6.92 Å². The molecule has 1 amide bonds. The van der Waals surface area contributed by atoms with Gasteiger partial charge in [-0.15, -0.1) is 0 Å². The molecule has 2 aromatic rings. The lowest BCUT2D eigenvalue weighted by Gasteiger charge is -2.12. The standard InChI is InChI=1S/C19H22Cl2N2O/c1-4-14(5-2)15-8-10-23(11-9-15)12-17(24)22-19-16(20)7-6-13(3)18(19)21/h6-11,14H,4-5,12H2,1-3H3/p+1. The lowest BCUT2D eigenvalue weighted by Crippen LogP contribution is -2.39. The number of carbonyl (C=O) groups is 1. The molecule has 0 unspecified atom stereocenters. The molecule has 0 bridgehead atoms. The average molecular weight is 366 g/mol. The fourth-order valence-electron chi connectivity index (χ4n) is 2.72. The lowest BCUT2D eigenvalue weighted by atomic mass is 9.95. The molecule has 1 aromatic heterocycles. The second-order valence-corrected chi connectivity index (χ2v) is 6.70. The van der Waals surface area contributed by atoms with E-state index in [4.69, 9.17) is 23.2 Å². The molecule has 1 N–H and O–H groups in total. The van der Waals surface area contributed by atoms with E-state index in [2.05, 4.69) is 31.3 Å². The SMILES string of the molecule is CCC(CC)c1cc[n+](CC(=O)Nc2c(Cl)ccc(C)c2Cl)cc1. The van der Waals surface area contributed by atoms with E-state index >= 15 is 0 Å². The van der Waals surface area contributed by atoms with Gasteiger partial charge in [-0.25, -0.2) is 0 Å². The van der Waals surface area contributed by atoms with Gasteiger partial charge in [0.2, 0.25) is 6.54 Å². The number of anilines is 1. The summed E-state index contributed by atoms with van der Waals surface area (Å²) in [5, 5.41) is 3.72. The number of aromatic nitrogens is 1. The van der Waals surface area contributed by atoms with E-state index in [-0.39, 0.29) is 12.5 Å². The van der Waals surface area contributed by atoms with Crippen molar-refractivity contribution in [2.45, 2.75) is 46.1 Å². The highest BCUT2D eigenvalue weighted by molar-refractivity contribution is 6.40. The molecule has 0 aliphatic heterocycles. The first-order chi connectivity index (χ1) is 11.5. The van der Waals surface area contributed by atoms with Gasteiger partial charge >= 0.3 is 0 Å². The van der Waals surface area contributed by atoms with Gasteiger partial charge in [-0.05, 0) is 42.9 Å². The Morgan fingerprint density at radius 2 is 1.75 bits per heavy atom. The van der Waals surface area contributed by atoms with Crippen LogP contribution in [0.15, 0.2) is 36.7 Å². The van der Waals surface area contributed by atoms with E-state index in [1.54, 1.807) is 6.07 Å². The number of halogens is 2. The number of benzene rings is 1. The maximum absolute atomic E-state index is 12.3. The molecule has 0 radical (unpaired) electrons. The van der Waals surface area contributed by atoms with Gasteiger partial charge in [0.1, 0.15) is 0 Å². The Hall–Kier alpha value is -1.58. The Morgan fingerprint density at radius 3 is 2.33 bits per heavy atom. The van der Waals surface area contributed by atoms with E-state index in [1.807, 2.05) is 30.0 Å². The fraction of sp³-hybridized carbons (Fsp3) is 0.368. The molecular weight excluding hydrogens is 343 g/mol. The number of pyridine rings is 1. The zero-order chi connectivity index (χ0) is 17.7. The van der Waals surface area contributed by atoms with Gasteiger partial charge < -0.3 is 5.32 Å². The molecule has 5 heteroatoms. The third-order valence-corrected chi connectivity index (χ3v) is 5.05. The van der Waals surface area contributed by atoms with E-state index in [1.165, 1.54) is 5.56 Å². The maximum Gasteiger partial charge on any atom is 0.290 e. The summed E-state index contributed by atoms with van der Waals surface area (Å²) in [6.07, 6.45) is 6.11. The molecule has 0 saturated carbocycles. The van der Waals surface area contributed by atoms with Crippen LogP contribution in [0.4, 0.5) is 5.69 Å². The van der Waals surface area contributed by atoms with Crippen LogP contribution in [-0.4, -0.2) is 5.91 Å². The molecule has 3 nitrogen and oxygen atoms in total. The Balaban J connectivity index is 2.07. The number of amides is 1. The molecular formula is C19H23Cl2N2O+. The third-order valence-electron chi connectivity index (χ3n) is 4.25. The second kappa shape index (κ2) is 8.50. The summed E-state index contributed by atoms with van der Waals surface area (Å²) in [6.45, 7) is 6.47. The first-order valence-electron chi connectivity index (χ1n) is 8.19. The number of carbonyl (C=O) groups excluding carboxylic acids is 1. The van der Waals surface area contributed by atoms with E-state index in [0.717, 1.165) is 18.4 Å². The van der Waals surface area contributed by atoms with Gasteiger partial charge in [0.15, 0.2) is 12.4 Å². The van der Waals surface area contributed by atoms with Gasteiger partial charge in [0.05, 0.1) is 15.7 Å². The molecule has 128 valence electrons. The number of aryl methyl sites for hydroxylation is 1. The van der Waals surface area contributed by atoms with Crippen molar-refractivity contribution >= 4 is 34.8 Å². The van der Waals surface area contributed by atoms with Gasteiger partial charge in [-0.2, -0.15) is 4.57 Å². The summed E-state index contributed by atoms with van der Waals surface area (Å²) in [4.78, 5) is 12.3. The monoisotopic (exact) mass is 365 g/mol. The van der Waals surface area contributed by atoms with Gasteiger partial charge in [0, 0.05) is 12.1 Å². The smallest absolute Gasteiger partial charge is 0.290 e.